The van der Waals surface area contributed by atoms with Gasteiger partial charge in [-0.05, 0) is 85.7 Å². The zero-order valence-electron chi connectivity index (χ0n) is 21.7. The fraction of sp³-hybridized carbons (Fsp3) is 0.414. The van der Waals surface area contributed by atoms with Gasteiger partial charge in [0.25, 0.3) is 5.91 Å². The first-order valence-electron chi connectivity index (χ1n) is 13.2. The van der Waals surface area contributed by atoms with Crippen LogP contribution in [0.25, 0.3) is 11.1 Å². The number of nitrogens with one attached hydrogen (secondary N) is 1. The van der Waals surface area contributed by atoms with E-state index in [-0.39, 0.29) is 17.6 Å². The minimum atomic E-state index is -4.64. The van der Waals surface area contributed by atoms with Crippen LogP contribution in [0.5, 0.6) is 0 Å². The van der Waals surface area contributed by atoms with Crippen molar-refractivity contribution in [3.63, 3.8) is 0 Å². The van der Waals surface area contributed by atoms with E-state index in [9.17, 15) is 23.1 Å². The summed E-state index contributed by atoms with van der Waals surface area (Å²) in [6.45, 7) is 4.78. The van der Waals surface area contributed by atoms with Gasteiger partial charge in [-0.15, -0.1) is 0 Å². The van der Waals surface area contributed by atoms with Crippen LogP contribution in [-0.4, -0.2) is 53.4 Å². The van der Waals surface area contributed by atoms with E-state index in [2.05, 4.69) is 21.3 Å². The molecule has 39 heavy (non-hydrogen) atoms. The van der Waals surface area contributed by atoms with Crippen molar-refractivity contribution in [3.8, 4) is 11.1 Å². The van der Waals surface area contributed by atoms with Crippen LogP contribution in [0.4, 0.5) is 24.7 Å². The van der Waals surface area contributed by atoms with Crippen LogP contribution >= 0.6 is 0 Å². The molecule has 2 N–H and O–H groups in total. The number of rotatable bonds is 5. The van der Waals surface area contributed by atoms with E-state index >= 15 is 0 Å². The van der Waals surface area contributed by atoms with Crippen molar-refractivity contribution >= 4 is 17.4 Å². The third kappa shape index (κ3) is 6.39. The van der Waals surface area contributed by atoms with E-state index in [1.807, 2.05) is 25.1 Å². The number of carbonyl (C=O) groups excluding carboxylic acids is 1. The summed E-state index contributed by atoms with van der Waals surface area (Å²) in [5, 5.41) is 12.7. The third-order valence-electron chi connectivity index (χ3n) is 7.38. The maximum Gasteiger partial charge on any atom is 0.433 e. The Morgan fingerprint density at radius 1 is 1.05 bits per heavy atom. The first kappa shape index (κ1) is 27.1. The predicted octanol–water partition coefficient (Wildman–Crippen LogP) is 5.58. The molecule has 1 amide bonds. The molecule has 7 nitrogen and oxygen atoms in total. The number of hydrogen-bond donors (Lipinski definition) is 2. The lowest BCUT2D eigenvalue weighted by atomic mass is 9.92. The van der Waals surface area contributed by atoms with Gasteiger partial charge in [-0.3, -0.25) is 9.78 Å². The molecule has 0 unspecified atom stereocenters. The summed E-state index contributed by atoms with van der Waals surface area (Å²) in [6.07, 6.45) is -0.816. The number of halogens is 3. The molecule has 2 saturated heterocycles. The fourth-order valence-electron chi connectivity index (χ4n) is 5.09. The van der Waals surface area contributed by atoms with Crippen LogP contribution in [0.15, 0.2) is 48.7 Å². The van der Waals surface area contributed by atoms with Crippen LogP contribution in [0.1, 0.15) is 58.9 Å². The molecule has 0 saturated carbocycles. The second-order valence-corrected chi connectivity index (χ2v) is 10.2. The lowest BCUT2D eigenvalue weighted by Gasteiger charge is -2.32. The molecule has 10 heteroatoms. The molecule has 2 aliphatic heterocycles. The summed E-state index contributed by atoms with van der Waals surface area (Å²) in [7, 11) is 0. The number of hydrogen-bond acceptors (Lipinski definition) is 6. The van der Waals surface area contributed by atoms with Gasteiger partial charge in [0.1, 0.15) is 11.5 Å². The van der Waals surface area contributed by atoms with Crippen molar-refractivity contribution in [3.05, 3.63) is 71.2 Å². The molecule has 5 rings (SSSR count). The summed E-state index contributed by atoms with van der Waals surface area (Å²) >= 11 is 0. The summed E-state index contributed by atoms with van der Waals surface area (Å²) < 4.78 is 44.8. The van der Waals surface area contributed by atoms with E-state index < -0.39 is 17.8 Å². The van der Waals surface area contributed by atoms with Gasteiger partial charge in [-0.1, -0.05) is 6.07 Å². The third-order valence-corrected chi connectivity index (χ3v) is 7.38. The van der Waals surface area contributed by atoms with Gasteiger partial charge in [0.2, 0.25) is 0 Å². The second kappa shape index (κ2) is 11.3. The maximum absolute atomic E-state index is 13.1. The lowest BCUT2D eigenvalue weighted by molar-refractivity contribution is -0.141. The Labute approximate surface area is 225 Å². The minimum absolute atomic E-state index is 0.125. The van der Waals surface area contributed by atoms with Crippen LogP contribution in [0, 0.1) is 6.92 Å². The number of aliphatic hydroxyl groups is 1. The molecule has 3 aromatic rings. The molecule has 1 aromatic carbocycles. The Morgan fingerprint density at radius 2 is 1.79 bits per heavy atom. The number of carbonyl (C=O) groups is 1. The van der Waals surface area contributed by atoms with Gasteiger partial charge in [-0.25, -0.2) is 4.98 Å². The highest BCUT2D eigenvalue weighted by molar-refractivity contribution is 6.04. The van der Waals surface area contributed by atoms with E-state index in [0.717, 1.165) is 53.3 Å². The number of piperidine rings is 1. The Balaban J connectivity index is 1.46. The van der Waals surface area contributed by atoms with E-state index in [1.165, 1.54) is 6.07 Å². The molecule has 2 aliphatic rings. The summed E-state index contributed by atoms with van der Waals surface area (Å²) in [6, 6.07) is 11.6. The van der Waals surface area contributed by atoms with Crippen LogP contribution < -0.4 is 10.2 Å². The van der Waals surface area contributed by atoms with Crippen LogP contribution in [-0.2, 0) is 10.9 Å². The van der Waals surface area contributed by atoms with Crippen molar-refractivity contribution < 1.29 is 27.8 Å². The number of amides is 1. The molecule has 2 aromatic heterocycles. The number of benzene rings is 1. The highest BCUT2D eigenvalue weighted by Crippen LogP contribution is 2.35. The van der Waals surface area contributed by atoms with E-state index in [0.29, 0.717) is 44.8 Å². The molecule has 2 fully saturated rings. The summed E-state index contributed by atoms with van der Waals surface area (Å²) in [5.74, 6) is 0.472. The van der Waals surface area contributed by atoms with Gasteiger partial charge >= 0.3 is 6.18 Å². The number of nitrogens with zero attached hydrogens (tertiary/aromatic N) is 3. The number of aryl methyl sites for hydroxylation is 1. The van der Waals surface area contributed by atoms with Gasteiger partial charge in [0.15, 0.2) is 0 Å². The Bertz CT molecular complexity index is 1330. The topological polar surface area (TPSA) is 87.6 Å². The molecule has 206 valence electrons. The van der Waals surface area contributed by atoms with Crippen LogP contribution in [0.2, 0.25) is 0 Å². The number of anilines is 2. The molecule has 0 spiro atoms. The molecular weight excluding hydrogens is 509 g/mol. The molecular formula is C29H31F3N4O3. The van der Waals surface area contributed by atoms with Crippen molar-refractivity contribution in [2.24, 2.45) is 0 Å². The van der Waals surface area contributed by atoms with Gasteiger partial charge in [-0.2, -0.15) is 13.2 Å². The van der Waals surface area contributed by atoms with Crippen molar-refractivity contribution in [1.29, 1.82) is 0 Å². The van der Waals surface area contributed by atoms with Gasteiger partial charge in [0, 0.05) is 55.4 Å². The number of ether oxygens (including phenoxy) is 1. The molecule has 0 aliphatic carbocycles. The minimum Gasteiger partial charge on any atom is -0.393 e. The fourth-order valence-corrected chi connectivity index (χ4v) is 5.09. The second-order valence-electron chi connectivity index (χ2n) is 10.2. The Kier molecular flexibility index (Phi) is 7.86. The molecule has 0 atom stereocenters. The van der Waals surface area contributed by atoms with E-state index in [1.54, 1.807) is 6.07 Å². The highest BCUT2D eigenvalue weighted by atomic mass is 19.4. The molecule has 0 bridgehead atoms. The number of alkyl halides is 3. The highest BCUT2D eigenvalue weighted by Gasteiger charge is 2.33. The van der Waals surface area contributed by atoms with Crippen molar-refractivity contribution in [2.45, 2.75) is 50.8 Å². The van der Waals surface area contributed by atoms with Gasteiger partial charge < -0.3 is 20.1 Å². The molecule has 4 heterocycles. The standard InChI is InChI=1S/C29H31F3N4O3/c1-18-2-3-22(34-28(38)20-4-9-33-26(15-20)29(30,31)32)17-24(18)21-14-25(19-7-12-39-13-8-19)35-27(16-21)36-10-5-23(37)6-11-36/h2-4,9,14-17,19,23,37H,5-8,10-13H2,1H3,(H,34,38). The number of aliphatic hydroxyl groups excluding tert-OH is 1. The predicted molar refractivity (Wildman–Crippen MR) is 142 cm³/mol. The Morgan fingerprint density at radius 3 is 2.51 bits per heavy atom. The lowest BCUT2D eigenvalue weighted by Crippen LogP contribution is -2.36. The first-order chi connectivity index (χ1) is 18.7. The zero-order chi connectivity index (χ0) is 27.6. The normalized spacial score (nSPS) is 17.3. The SMILES string of the molecule is Cc1ccc(NC(=O)c2ccnc(C(F)(F)F)c2)cc1-c1cc(C2CCOCC2)nc(N2CCC(O)CC2)c1. The maximum atomic E-state index is 13.1. The zero-order valence-corrected chi connectivity index (χ0v) is 21.7. The summed E-state index contributed by atoms with van der Waals surface area (Å²) in [5.41, 5.74) is 3.05. The van der Waals surface area contributed by atoms with E-state index in [4.69, 9.17) is 9.72 Å². The number of aromatic nitrogens is 2. The van der Waals surface area contributed by atoms with Gasteiger partial charge in [0.05, 0.1) is 6.10 Å². The molecule has 0 radical (unpaired) electrons. The number of pyridine rings is 2. The Hall–Kier alpha value is -3.50. The quantitative estimate of drug-likeness (QED) is 0.440. The average Bonchev–Trinajstić information content (AvgIpc) is 2.94. The largest absolute Gasteiger partial charge is 0.433 e. The smallest absolute Gasteiger partial charge is 0.393 e. The average molecular weight is 541 g/mol. The van der Waals surface area contributed by atoms with Crippen LogP contribution in [0.3, 0.4) is 0 Å². The monoisotopic (exact) mass is 540 g/mol. The van der Waals surface area contributed by atoms with Crippen molar-refractivity contribution in [2.75, 3.05) is 36.5 Å². The first-order valence-corrected chi connectivity index (χ1v) is 13.2. The van der Waals surface area contributed by atoms with Crippen molar-refractivity contribution in [1.82, 2.24) is 9.97 Å². The summed E-state index contributed by atoms with van der Waals surface area (Å²) in [4.78, 5) is 23.4.